The number of aryl methyl sites for hydroxylation is 1. The van der Waals surface area contributed by atoms with Crippen LogP contribution in [0.2, 0.25) is 0 Å². The first-order chi connectivity index (χ1) is 7.66. The molecule has 1 N–H and O–H groups in total. The number of hydrogen-bond acceptors (Lipinski definition) is 2. The van der Waals surface area contributed by atoms with Crippen LogP contribution in [0.1, 0.15) is 35.4 Å². The van der Waals surface area contributed by atoms with E-state index >= 15 is 0 Å². The highest BCUT2D eigenvalue weighted by atomic mass is 16.4. The van der Waals surface area contributed by atoms with E-state index in [-0.39, 0.29) is 0 Å². The van der Waals surface area contributed by atoms with Crippen molar-refractivity contribution in [3.8, 4) is 0 Å². The Kier molecular flexibility index (Phi) is 1.80. The molecule has 3 rings (SSSR count). The summed E-state index contributed by atoms with van der Waals surface area (Å²) in [5.41, 5.74) is 2.14. The molecular weight excluding hydrogens is 204 g/mol. The minimum Gasteiger partial charge on any atom is -0.478 e. The zero-order valence-electron chi connectivity index (χ0n) is 8.97. The van der Waals surface area contributed by atoms with Crippen molar-refractivity contribution in [3.05, 3.63) is 29.6 Å². The number of imidazole rings is 1. The fourth-order valence-corrected chi connectivity index (χ4v) is 2.34. The molecule has 0 radical (unpaired) electrons. The smallest absolute Gasteiger partial charge is 0.335 e. The molecule has 1 atom stereocenters. The summed E-state index contributed by atoms with van der Waals surface area (Å²) in [7, 11) is 0. The van der Waals surface area contributed by atoms with E-state index < -0.39 is 5.97 Å². The minimum absolute atomic E-state index is 0.303. The lowest BCUT2D eigenvalue weighted by Crippen LogP contribution is -1.96. The molecule has 16 heavy (non-hydrogen) atoms. The quantitative estimate of drug-likeness (QED) is 0.795. The molecule has 1 aromatic heterocycles. The van der Waals surface area contributed by atoms with Gasteiger partial charge in [-0.05, 0) is 24.6 Å². The largest absolute Gasteiger partial charge is 0.478 e. The number of aromatic nitrogens is 2. The topological polar surface area (TPSA) is 55.1 Å². The minimum atomic E-state index is -0.900. The van der Waals surface area contributed by atoms with Crippen LogP contribution in [0, 0.1) is 0 Å². The Morgan fingerprint density at radius 1 is 1.56 bits per heavy atom. The number of carboxylic acid groups (broad SMARTS) is 1. The first-order valence-corrected chi connectivity index (χ1v) is 5.40. The maximum absolute atomic E-state index is 10.8. The van der Waals surface area contributed by atoms with E-state index in [2.05, 4.69) is 16.5 Å². The predicted molar refractivity (Wildman–Crippen MR) is 59.7 cm³/mol. The molecule has 1 aliphatic rings. The lowest BCUT2D eigenvalue weighted by atomic mass is 10.1. The van der Waals surface area contributed by atoms with E-state index in [1.54, 1.807) is 12.1 Å². The van der Waals surface area contributed by atoms with Crippen LogP contribution < -0.4 is 0 Å². The molecule has 0 spiro atoms. The normalized spacial score (nSPS) is 18.9. The molecule has 2 heterocycles. The lowest BCUT2D eigenvalue weighted by molar-refractivity contribution is 0.0697. The molecule has 0 fully saturated rings. The average molecular weight is 216 g/mol. The SMILES string of the molecule is C[C@@H]1CCn2c1nc1cc(C(=O)O)ccc12. The maximum atomic E-state index is 10.8. The van der Waals surface area contributed by atoms with Gasteiger partial charge in [0, 0.05) is 12.5 Å². The highest BCUT2D eigenvalue weighted by Crippen LogP contribution is 2.31. The Labute approximate surface area is 92.5 Å². The number of aromatic carboxylic acids is 1. The van der Waals surface area contributed by atoms with Crippen LogP contribution in [0.3, 0.4) is 0 Å². The van der Waals surface area contributed by atoms with Gasteiger partial charge in [0.05, 0.1) is 16.6 Å². The van der Waals surface area contributed by atoms with Crippen molar-refractivity contribution in [2.75, 3.05) is 0 Å². The van der Waals surface area contributed by atoms with Crippen LogP contribution in [0.25, 0.3) is 11.0 Å². The van der Waals surface area contributed by atoms with Gasteiger partial charge < -0.3 is 9.67 Å². The molecule has 2 aromatic rings. The lowest BCUT2D eigenvalue weighted by Gasteiger charge is -1.98. The molecule has 0 saturated carbocycles. The van der Waals surface area contributed by atoms with Crippen LogP contribution in [-0.2, 0) is 6.54 Å². The third-order valence-corrected chi connectivity index (χ3v) is 3.25. The Hall–Kier alpha value is -1.84. The zero-order valence-corrected chi connectivity index (χ0v) is 8.97. The van der Waals surface area contributed by atoms with Gasteiger partial charge in [0.15, 0.2) is 0 Å². The average Bonchev–Trinajstić information content (AvgIpc) is 2.78. The van der Waals surface area contributed by atoms with Crippen molar-refractivity contribution in [2.24, 2.45) is 0 Å². The van der Waals surface area contributed by atoms with E-state index in [1.807, 2.05) is 6.07 Å². The summed E-state index contributed by atoms with van der Waals surface area (Å²) < 4.78 is 2.19. The Morgan fingerprint density at radius 2 is 2.38 bits per heavy atom. The number of hydrogen-bond donors (Lipinski definition) is 1. The molecule has 0 aliphatic carbocycles. The Balaban J connectivity index is 2.24. The van der Waals surface area contributed by atoms with Crippen LogP contribution in [-0.4, -0.2) is 20.6 Å². The second-order valence-corrected chi connectivity index (χ2v) is 4.32. The van der Waals surface area contributed by atoms with Gasteiger partial charge in [-0.2, -0.15) is 0 Å². The number of rotatable bonds is 1. The summed E-state index contributed by atoms with van der Waals surface area (Å²) in [6.07, 6.45) is 1.12. The van der Waals surface area contributed by atoms with E-state index in [9.17, 15) is 4.79 Å². The van der Waals surface area contributed by atoms with Crippen molar-refractivity contribution >= 4 is 17.0 Å². The first kappa shape index (κ1) is 9.39. The molecule has 0 unspecified atom stereocenters. The molecule has 82 valence electrons. The number of benzene rings is 1. The molecule has 0 saturated heterocycles. The zero-order chi connectivity index (χ0) is 11.3. The standard InChI is InChI=1S/C12H12N2O2/c1-7-4-5-14-10-3-2-8(12(15)16)6-9(10)13-11(7)14/h2-3,6-7H,4-5H2,1H3,(H,15,16)/t7-/m1/s1. The molecule has 1 aliphatic heterocycles. The molecule has 4 heteroatoms. The Bertz CT molecular complexity index is 586. The van der Waals surface area contributed by atoms with Crippen molar-refractivity contribution in [1.29, 1.82) is 0 Å². The van der Waals surface area contributed by atoms with Crippen molar-refractivity contribution in [3.63, 3.8) is 0 Å². The van der Waals surface area contributed by atoms with Crippen LogP contribution in [0.15, 0.2) is 18.2 Å². The van der Waals surface area contributed by atoms with Crippen molar-refractivity contribution in [1.82, 2.24) is 9.55 Å². The molecule has 0 bridgehead atoms. The van der Waals surface area contributed by atoms with Crippen LogP contribution >= 0.6 is 0 Å². The van der Waals surface area contributed by atoms with Gasteiger partial charge in [-0.25, -0.2) is 9.78 Å². The second kappa shape index (κ2) is 3.07. The summed E-state index contributed by atoms with van der Waals surface area (Å²) in [6.45, 7) is 3.14. The summed E-state index contributed by atoms with van der Waals surface area (Å²) in [5.74, 6) is 0.654. The number of fused-ring (bicyclic) bond motifs is 3. The van der Waals surface area contributed by atoms with Crippen LogP contribution in [0.5, 0.6) is 0 Å². The van der Waals surface area contributed by atoms with Gasteiger partial charge in [-0.1, -0.05) is 6.92 Å². The van der Waals surface area contributed by atoms with Gasteiger partial charge in [-0.15, -0.1) is 0 Å². The maximum Gasteiger partial charge on any atom is 0.335 e. The molecule has 0 amide bonds. The molecular formula is C12H12N2O2. The molecule has 4 nitrogen and oxygen atoms in total. The first-order valence-electron chi connectivity index (χ1n) is 5.40. The van der Waals surface area contributed by atoms with E-state index in [4.69, 9.17) is 5.11 Å². The Morgan fingerprint density at radius 3 is 3.12 bits per heavy atom. The summed E-state index contributed by atoms with van der Waals surface area (Å²) >= 11 is 0. The van der Waals surface area contributed by atoms with E-state index in [1.165, 1.54) is 0 Å². The van der Waals surface area contributed by atoms with Gasteiger partial charge in [0.2, 0.25) is 0 Å². The van der Waals surface area contributed by atoms with Gasteiger partial charge >= 0.3 is 5.97 Å². The number of carboxylic acids is 1. The monoisotopic (exact) mass is 216 g/mol. The van der Waals surface area contributed by atoms with Gasteiger partial charge in [0.1, 0.15) is 5.82 Å². The van der Waals surface area contributed by atoms with Gasteiger partial charge in [-0.3, -0.25) is 0 Å². The fourth-order valence-electron chi connectivity index (χ4n) is 2.34. The highest BCUT2D eigenvalue weighted by Gasteiger charge is 2.23. The summed E-state index contributed by atoms with van der Waals surface area (Å²) in [6, 6.07) is 5.14. The van der Waals surface area contributed by atoms with Crippen LogP contribution in [0.4, 0.5) is 0 Å². The highest BCUT2D eigenvalue weighted by molar-refractivity contribution is 5.92. The van der Waals surface area contributed by atoms with Crippen molar-refractivity contribution < 1.29 is 9.90 Å². The van der Waals surface area contributed by atoms with Crippen molar-refractivity contribution in [2.45, 2.75) is 25.8 Å². The summed E-state index contributed by atoms with van der Waals surface area (Å²) in [5, 5.41) is 8.91. The third-order valence-electron chi connectivity index (χ3n) is 3.25. The van der Waals surface area contributed by atoms with Gasteiger partial charge in [0.25, 0.3) is 0 Å². The van der Waals surface area contributed by atoms with E-state index in [0.29, 0.717) is 11.5 Å². The summed E-state index contributed by atoms with van der Waals surface area (Å²) in [4.78, 5) is 15.4. The number of carbonyl (C=O) groups is 1. The predicted octanol–water partition coefficient (Wildman–Crippen LogP) is 2.24. The fraction of sp³-hybridized carbons (Fsp3) is 0.333. The second-order valence-electron chi connectivity index (χ2n) is 4.32. The number of nitrogens with zero attached hydrogens (tertiary/aromatic N) is 2. The third kappa shape index (κ3) is 1.16. The van der Waals surface area contributed by atoms with E-state index in [0.717, 1.165) is 29.8 Å². The molecule has 1 aromatic carbocycles.